The highest BCUT2D eigenvalue weighted by Gasteiger charge is 2.18. The number of methoxy groups -OCH3 is 1. The first-order valence-electron chi connectivity index (χ1n) is 7.11. The third-order valence-corrected chi connectivity index (χ3v) is 3.94. The minimum Gasteiger partial charge on any atom is -0.497 e. The Bertz CT molecular complexity index is 364. The van der Waals surface area contributed by atoms with Gasteiger partial charge in [0.05, 0.1) is 7.11 Å². The van der Waals surface area contributed by atoms with Gasteiger partial charge in [0, 0.05) is 6.54 Å². The van der Waals surface area contributed by atoms with Gasteiger partial charge in [-0.1, -0.05) is 31.9 Å². The van der Waals surface area contributed by atoms with Crippen molar-refractivity contribution >= 4 is 0 Å². The number of hydrogen-bond acceptors (Lipinski definition) is 2. The lowest BCUT2D eigenvalue weighted by Crippen LogP contribution is -2.26. The molecule has 2 atom stereocenters. The van der Waals surface area contributed by atoms with E-state index in [4.69, 9.17) is 4.74 Å². The van der Waals surface area contributed by atoms with Gasteiger partial charge in [-0.3, -0.25) is 0 Å². The first-order chi connectivity index (χ1) is 8.78. The molecule has 0 heterocycles. The van der Waals surface area contributed by atoms with Gasteiger partial charge in [-0.25, -0.2) is 0 Å². The van der Waals surface area contributed by atoms with E-state index < -0.39 is 0 Å². The largest absolute Gasteiger partial charge is 0.497 e. The van der Waals surface area contributed by atoms with Gasteiger partial charge in [-0.05, 0) is 48.9 Å². The van der Waals surface area contributed by atoms with Crippen LogP contribution < -0.4 is 10.1 Å². The Hall–Kier alpha value is -1.02. The Labute approximate surface area is 111 Å². The SMILES string of the molecule is COc1cccc(CNCC2CCCC(C)C2)c1. The summed E-state index contributed by atoms with van der Waals surface area (Å²) in [5, 5.41) is 3.59. The second-order valence-corrected chi connectivity index (χ2v) is 5.62. The summed E-state index contributed by atoms with van der Waals surface area (Å²) in [7, 11) is 1.72. The predicted molar refractivity (Wildman–Crippen MR) is 75.8 cm³/mol. The summed E-state index contributed by atoms with van der Waals surface area (Å²) >= 11 is 0. The van der Waals surface area contributed by atoms with Gasteiger partial charge in [0.15, 0.2) is 0 Å². The molecule has 18 heavy (non-hydrogen) atoms. The van der Waals surface area contributed by atoms with E-state index in [0.717, 1.165) is 30.7 Å². The van der Waals surface area contributed by atoms with Gasteiger partial charge in [-0.2, -0.15) is 0 Å². The average molecular weight is 247 g/mol. The third kappa shape index (κ3) is 4.02. The van der Waals surface area contributed by atoms with Crippen molar-refractivity contribution in [3.8, 4) is 5.75 Å². The second-order valence-electron chi connectivity index (χ2n) is 5.62. The topological polar surface area (TPSA) is 21.3 Å². The minimum absolute atomic E-state index is 0.874. The zero-order chi connectivity index (χ0) is 12.8. The summed E-state index contributed by atoms with van der Waals surface area (Å²) in [6, 6.07) is 8.31. The van der Waals surface area contributed by atoms with Crippen LogP contribution in [0.4, 0.5) is 0 Å². The number of rotatable bonds is 5. The Morgan fingerprint density at radius 2 is 2.22 bits per heavy atom. The first kappa shape index (κ1) is 13.4. The molecule has 1 aliphatic carbocycles. The van der Waals surface area contributed by atoms with Crippen molar-refractivity contribution in [2.45, 2.75) is 39.2 Å². The van der Waals surface area contributed by atoms with Crippen LogP contribution in [0, 0.1) is 11.8 Å². The van der Waals surface area contributed by atoms with Gasteiger partial charge >= 0.3 is 0 Å². The van der Waals surface area contributed by atoms with Crippen LogP contribution in [0.1, 0.15) is 38.2 Å². The molecule has 2 unspecified atom stereocenters. The Morgan fingerprint density at radius 3 is 3.00 bits per heavy atom. The molecule has 2 heteroatoms. The van der Waals surface area contributed by atoms with Gasteiger partial charge in [0.25, 0.3) is 0 Å². The van der Waals surface area contributed by atoms with Crippen molar-refractivity contribution in [3.05, 3.63) is 29.8 Å². The van der Waals surface area contributed by atoms with E-state index in [-0.39, 0.29) is 0 Å². The Kier molecular flexibility index (Phi) is 5.06. The van der Waals surface area contributed by atoms with E-state index in [9.17, 15) is 0 Å². The quantitative estimate of drug-likeness (QED) is 0.858. The number of ether oxygens (including phenoxy) is 1. The van der Waals surface area contributed by atoms with Crippen LogP contribution in [0.3, 0.4) is 0 Å². The molecule has 0 amide bonds. The lowest BCUT2D eigenvalue weighted by Gasteiger charge is -2.26. The molecule has 1 N–H and O–H groups in total. The fourth-order valence-electron chi connectivity index (χ4n) is 2.95. The van der Waals surface area contributed by atoms with Crippen LogP contribution in [0.2, 0.25) is 0 Å². The predicted octanol–water partition coefficient (Wildman–Crippen LogP) is 3.61. The van der Waals surface area contributed by atoms with Crippen LogP contribution in [0.5, 0.6) is 5.75 Å². The van der Waals surface area contributed by atoms with Crippen molar-refractivity contribution in [2.24, 2.45) is 11.8 Å². The summed E-state index contributed by atoms with van der Waals surface area (Å²) in [5.74, 6) is 2.74. The van der Waals surface area contributed by atoms with Gasteiger partial charge in [-0.15, -0.1) is 0 Å². The third-order valence-electron chi connectivity index (χ3n) is 3.94. The number of benzene rings is 1. The van der Waals surface area contributed by atoms with E-state index >= 15 is 0 Å². The van der Waals surface area contributed by atoms with Crippen molar-refractivity contribution in [3.63, 3.8) is 0 Å². The monoisotopic (exact) mass is 247 g/mol. The Balaban J connectivity index is 1.74. The second kappa shape index (κ2) is 6.79. The molecule has 0 aliphatic heterocycles. The molecular formula is C16H25NO. The van der Waals surface area contributed by atoms with Crippen molar-refractivity contribution in [1.29, 1.82) is 0 Å². The summed E-state index contributed by atoms with van der Waals surface area (Å²) in [5.41, 5.74) is 1.30. The van der Waals surface area contributed by atoms with Crippen molar-refractivity contribution in [2.75, 3.05) is 13.7 Å². The highest BCUT2D eigenvalue weighted by Crippen LogP contribution is 2.27. The molecule has 0 saturated heterocycles. The molecule has 1 aromatic carbocycles. The zero-order valence-electron chi connectivity index (χ0n) is 11.6. The maximum Gasteiger partial charge on any atom is 0.119 e. The average Bonchev–Trinajstić information content (AvgIpc) is 2.39. The maximum atomic E-state index is 5.24. The van der Waals surface area contributed by atoms with Crippen LogP contribution in [0.15, 0.2) is 24.3 Å². The first-order valence-corrected chi connectivity index (χ1v) is 7.11. The Morgan fingerprint density at radius 1 is 1.33 bits per heavy atom. The lowest BCUT2D eigenvalue weighted by molar-refractivity contribution is 0.274. The van der Waals surface area contributed by atoms with E-state index in [1.165, 1.54) is 31.2 Å². The molecule has 0 bridgehead atoms. The van der Waals surface area contributed by atoms with Crippen molar-refractivity contribution in [1.82, 2.24) is 5.32 Å². The van der Waals surface area contributed by atoms with E-state index in [2.05, 4.69) is 30.4 Å². The standard InChI is InChI=1S/C16H25NO/c1-13-5-3-6-14(9-13)11-17-12-15-7-4-8-16(10-15)18-2/h4,7-8,10,13-14,17H,3,5-6,9,11-12H2,1-2H3. The zero-order valence-corrected chi connectivity index (χ0v) is 11.6. The number of hydrogen-bond donors (Lipinski definition) is 1. The highest BCUT2D eigenvalue weighted by molar-refractivity contribution is 5.28. The normalized spacial score (nSPS) is 23.9. The van der Waals surface area contributed by atoms with Gasteiger partial charge < -0.3 is 10.1 Å². The molecule has 0 radical (unpaired) electrons. The van der Waals surface area contributed by atoms with E-state index in [1.807, 2.05) is 6.07 Å². The van der Waals surface area contributed by atoms with E-state index in [0.29, 0.717) is 0 Å². The van der Waals surface area contributed by atoms with Crippen LogP contribution in [-0.4, -0.2) is 13.7 Å². The molecule has 1 aliphatic rings. The summed E-state index contributed by atoms with van der Waals surface area (Å²) in [6.45, 7) is 4.48. The summed E-state index contributed by atoms with van der Waals surface area (Å²) in [4.78, 5) is 0. The molecule has 2 rings (SSSR count). The highest BCUT2D eigenvalue weighted by atomic mass is 16.5. The smallest absolute Gasteiger partial charge is 0.119 e. The van der Waals surface area contributed by atoms with Crippen LogP contribution >= 0.6 is 0 Å². The van der Waals surface area contributed by atoms with Gasteiger partial charge in [0.2, 0.25) is 0 Å². The number of nitrogens with one attached hydrogen (secondary N) is 1. The van der Waals surface area contributed by atoms with Gasteiger partial charge in [0.1, 0.15) is 5.75 Å². The minimum atomic E-state index is 0.874. The molecule has 0 spiro atoms. The fraction of sp³-hybridized carbons (Fsp3) is 0.625. The van der Waals surface area contributed by atoms with E-state index in [1.54, 1.807) is 7.11 Å². The van der Waals surface area contributed by atoms with Crippen molar-refractivity contribution < 1.29 is 4.74 Å². The fourth-order valence-corrected chi connectivity index (χ4v) is 2.95. The molecule has 100 valence electrons. The van der Waals surface area contributed by atoms with Crippen LogP contribution in [0.25, 0.3) is 0 Å². The molecule has 2 nitrogen and oxygen atoms in total. The molecular weight excluding hydrogens is 222 g/mol. The molecule has 1 aromatic rings. The molecule has 1 saturated carbocycles. The molecule has 1 fully saturated rings. The van der Waals surface area contributed by atoms with Crippen LogP contribution in [-0.2, 0) is 6.54 Å². The lowest BCUT2D eigenvalue weighted by atomic mass is 9.82. The maximum absolute atomic E-state index is 5.24. The summed E-state index contributed by atoms with van der Waals surface area (Å²) < 4.78 is 5.24. The summed E-state index contributed by atoms with van der Waals surface area (Å²) in [6.07, 6.45) is 5.62. The molecule has 0 aromatic heterocycles.